The highest BCUT2D eigenvalue weighted by molar-refractivity contribution is 5.94. The van der Waals surface area contributed by atoms with Gasteiger partial charge in [-0.3, -0.25) is 4.79 Å². The standard InChI is InChI=1S/C12H19NO2/c1-3-10-9(2)11(14)13-12(15-10)7-5-4-6-8-12/h3-8H2,1-2H3,(H,13,14). The van der Waals surface area contributed by atoms with E-state index >= 15 is 0 Å². The van der Waals surface area contributed by atoms with Gasteiger partial charge in [-0.2, -0.15) is 0 Å². The third-order valence-electron chi connectivity index (χ3n) is 3.40. The van der Waals surface area contributed by atoms with Crippen LogP contribution in [0.3, 0.4) is 0 Å². The number of rotatable bonds is 1. The molecule has 1 N–H and O–H groups in total. The van der Waals surface area contributed by atoms with Gasteiger partial charge in [0.1, 0.15) is 5.76 Å². The average Bonchev–Trinajstić information content (AvgIpc) is 2.25. The molecule has 0 atom stereocenters. The number of nitrogens with one attached hydrogen (secondary N) is 1. The van der Waals surface area contributed by atoms with Crippen LogP contribution in [0.15, 0.2) is 11.3 Å². The Morgan fingerprint density at radius 1 is 1.33 bits per heavy atom. The van der Waals surface area contributed by atoms with Crippen molar-refractivity contribution in [2.45, 2.75) is 58.1 Å². The summed E-state index contributed by atoms with van der Waals surface area (Å²) in [7, 11) is 0. The Kier molecular flexibility index (Phi) is 2.72. The molecule has 3 heteroatoms. The molecule has 0 saturated heterocycles. The minimum Gasteiger partial charge on any atom is -0.472 e. The third kappa shape index (κ3) is 1.87. The molecule has 0 aromatic carbocycles. The maximum absolute atomic E-state index is 11.8. The molecule has 0 bridgehead atoms. The predicted molar refractivity (Wildman–Crippen MR) is 58.0 cm³/mol. The molecular formula is C12H19NO2. The van der Waals surface area contributed by atoms with Crippen LogP contribution in [0.5, 0.6) is 0 Å². The Hall–Kier alpha value is -0.990. The Balaban J connectivity index is 2.22. The van der Waals surface area contributed by atoms with E-state index in [0.717, 1.165) is 43.4 Å². The lowest BCUT2D eigenvalue weighted by molar-refractivity contribution is -0.135. The zero-order chi connectivity index (χ0) is 10.9. The van der Waals surface area contributed by atoms with Crippen molar-refractivity contribution >= 4 is 5.91 Å². The van der Waals surface area contributed by atoms with Crippen LogP contribution in [-0.4, -0.2) is 11.6 Å². The number of amides is 1. The first-order valence-corrected chi connectivity index (χ1v) is 5.88. The van der Waals surface area contributed by atoms with E-state index in [-0.39, 0.29) is 11.6 Å². The first kappa shape index (κ1) is 10.5. The maximum atomic E-state index is 11.8. The van der Waals surface area contributed by atoms with Crippen molar-refractivity contribution in [3.8, 4) is 0 Å². The van der Waals surface area contributed by atoms with E-state index in [2.05, 4.69) is 5.32 Å². The van der Waals surface area contributed by atoms with Gasteiger partial charge in [0, 0.05) is 19.3 Å². The van der Waals surface area contributed by atoms with Gasteiger partial charge >= 0.3 is 0 Å². The van der Waals surface area contributed by atoms with E-state index in [4.69, 9.17) is 4.74 Å². The molecule has 1 aliphatic carbocycles. The smallest absolute Gasteiger partial charge is 0.253 e. The van der Waals surface area contributed by atoms with Gasteiger partial charge in [-0.1, -0.05) is 13.3 Å². The summed E-state index contributed by atoms with van der Waals surface area (Å²) in [5.74, 6) is 0.931. The minimum atomic E-state index is -0.375. The van der Waals surface area contributed by atoms with Crippen molar-refractivity contribution in [3.05, 3.63) is 11.3 Å². The Morgan fingerprint density at radius 3 is 2.60 bits per heavy atom. The lowest BCUT2D eigenvalue weighted by atomic mass is 9.90. The molecule has 1 saturated carbocycles. The summed E-state index contributed by atoms with van der Waals surface area (Å²) in [6, 6.07) is 0. The summed E-state index contributed by atoms with van der Waals surface area (Å²) >= 11 is 0. The Labute approximate surface area is 90.9 Å². The number of ether oxygens (including phenoxy) is 1. The lowest BCUT2D eigenvalue weighted by Crippen LogP contribution is -2.54. The number of carbonyl (C=O) groups excluding carboxylic acids is 1. The van der Waals surface area contributed by atoms with E-state index in [0.29, 0.717) is 0 Å². The van der Waals surface area contributed by atoms with Crippen molar-refractivity contribution < 1.29 is 9.53 Å². The van der Waals surface area contributed by atoms with Crippen LogP contribution in [0, 0.1) is 0 Å². The second-order valence-electron chi connectivity index (χ2n) is 4.51. The Bertz CT molecular complexity index is 301. The zero-order valence-corrected chi connectivity index (χ0v) is 9.56. The highest BCUT2D eigenvalue weighted by Crippen LogP contribution is 2.35. The number of allylic oxidation sites excluding steroid dienone is 1. The van der Waals surface area contributed by atoms with E-state index in [1.54, 1.807) is 0 Å². The van der Waals surface area contributed by atoms with E-state index in [1.807, 2.05) is 13.8 Å². The Morgan fingerprint density at radius 2 is 2.00 bits per heavy atom. The van der Waals surface area contributed by atoms with Gasteiger partial charge in [0.05, 0.1) is 5.57 Å². The van der Waals surface area contributed by atoms with Crippen LogP contribution < -0.4 is 5.32 Å². The number of hydrogen-bond acceptors (Lipinski definition) is 2. The quantitative estimate of drug-likeness (QED) is 0.720. The van der Waals surface area contributed by atoms with Crippen LogP contribution in [0.4, 0.5) is 0 Å². The summed E-state index contributed by atoms with van der Waals surface area (Å²) < 4.78 is 5.99. The highest BCUT2D eigenvalue weighted by atomic mass is 16.5. The van der Waals surface area contributed by atoms with Crippen LogP contribution in [-0.2, 0) is 9.53 Å². The monoisotopic (exact) mass is 209 g/mol. The maximum Gasteiger partial charge on any atom is 0.253 e. The lowest BCUT2D eigenvalue weighted by Gasteiger charge is -2.42. The molecule has 2 rings (SSSR count). The molecule has 1 heterocycles. The molecular weight excluding hydrogens is 190 g/mol. The minimum absolute atomic E-state index is 0.0556. The van der Waals surface area contributed by atoms with Crippen molar-refractivity contribution in [1.82, 2.24) is 5.32 Å². The molecule has 1 amide bonds. The first-order valence-electron chi connectivity index (χ1n) is 5.88. The molecule has 0 unspecified atom stereocenters. The highest BCUT2D eigenvalue weighted by Gasteiger charge is 2.40. The van der Waals surface area contributed by atoms with Crippen molar-refractivity contribution in [2.24, 2.45) is 0 Å². The van der Waals surface area contributed by atoms with Crippen LogP contribution in [0.25, 0.3) is 0 Å². The first-order chi connectivity index (χ1) is 7.17. The van der Waals surface area contributed by atoms with Gasteiger partial charge in [0.2, 0.25) is 0 Å². The molecule has 1 spiro atoms. The fourth-order valence-electron chi connectivity index (χ4n) is 2.45. The molecule has 0 aromatic heterocycles. The van der Waals surface area contributed by atoms with Crippen LogP contribution >= 0.6 is 0 Å². The van der Waals surface area contributed by atoms with Gasteiger partial charge in [-0.05, 0) is 19.8 Å². The van der Waals surface area contributed by atoms with Gasteiger partial charge < -0.3 is 10.1 Å². The van der Waals surface area contributed by atoms with Gasteiger partial charge in [-0.25, -0.2) is 0 Å². The molecule has 1 aliphatic heterocycles. The average molecular weight is 209 g/mol. The van der Waals surface area contributed by atoms with E-state index in [9.17, 15) is 4.79 Å². The largest absolute Gasteiger partial charge is 0.472 e. The summed E-state index contributed by atoms with van der Waals surface area (Å²) in [6.45, 7) is 3.87. The third-order valence-corrected chi connectivity index (χ3v) is 3.40. The van der Waals surface area contributed by atoms with Crippen LogP contribution in [0.2, 0.25) is 0 Å². The predicted octanol–water partition coefficient (Wildman–Crippen LogP) is 2.48. The summed E-state index contributed by atoms with van der Waals surface area (Å²) in [5, 5.41) is 3.03. The van der Waals surface area contributed by atoms with Crippen molar-refractivity contribution in [1.29, 1.82) is 0 Å². The van der Waals surface area contributed by atoms with Gasteiger partial charge in [0.25, 0.3) is 5.91 Å². The number of hydrogen-bond donors (Lipinski definition) is 1. The van der Waals surface area contributed by atoms with Crippen molar-refractivity contribution in [3.63, 3.8) is 0 Å². The second-order valence-corrected chi connectivity index (χ2v) is 4.51. The normalized spacial score (nSPS) is 25.1. The molecule has 0 radical (unpaired) electrons. The molecule has 3 nitrogen and oxygen atoms in total. The SMILES string of the molecule is CCC1=C(C)C(=O)NC2(CCCCC2)O1. The van der Waals surface area contributed by atoms with Crippen LogP contribution in [0.1, 0.15) is 52.4 Å². The fourth-order valence-corrected chi connectivity index (χ4v) is 2.45. The van der Waals surface area contributed by atoms with Crippen molar-refractivity contribution in [2.75, 3.05) is 0 Å². The fraction of sp³-hybridized carbons (Fsp3) is 0.750. The second kappa shape index (κ2) is 3.87. The van der Waals surface area contributed by atoms with E-state index < -0.39 is 0 Å². The molecule has 1 fully saturated rings. The topological polar surface area (TPSA) is 38.3 Å². The summed E-state index contributed by atoms with van der Waals surface area (Å²) in [5.41, 5.74) is 0.369. The van der Waals surface area contributed by atoms with Gasteiger partial charge in [-0.15, -0.1) is 0 Å². The number of carbonyl (C=O) groups is 1. The summed E-state index contributed by atoms with van der Waals surface area (Å²) in [6.07, 6.45) is 6.27. The molecule has 2 aliphatic rings. The molecule has 0 aromatic rings. The zero-order valence-electron chi connectivity index (χ0n) is 9.56. The van der Waals surface area contributed by atoms with Gasteiger partial charge in [0.15, 0.2) is 5.72 Å². The molecule has 15 heavy (non-hydrogen) atoms. The van der Waals surface area contributed by atoms with E-state index in [1.165, 1.54) is 6.42 Å². The molecule has 84 valence electrons. The summed E-state index contributed by atoms with van der Waals surface area (Å²) in [4.78, 5) is 11.8.